The van der Waals surface area contributed by atoms with E-state index in [9.17, 15) is 9.59 Å². The van der Waals surface area contributed by atoms with Crippen LogP contribution in [-0.4, -0.2) is 51.1 Å². The van der Waals surface area contributed by atoms with Gasteiger partial charge >= 0.3 is 0 Å². The van der Waals surface area contributed by atoms with Gasteiger partial charge in [0.15, 0.2) is 11.5 Å². The lowest BCUT2D eigenvalue weighted by molar-refractivity contribution is -0.137. The van der Waals surface area contributed by atoms with Gasteiger partial charge in [0, 0.05) is 31.6 Å². The van der Waals surface area contributed by atoms with E-state index in [-0.39, 0.29) is 30.8 Å². The maximum atomic E-state index is 13.4. The molecule has 1 heterocycles. The van der Waals surface area contributed by atoms with E-state index in [1.54, 1.807) is 34.1 Å². The van der Waals surface area contributed by atoms with Gasteiger partial charge in [-0.1, -0.05) is 12.1 Å². The van der Waals surface area contributed by atoms with Gasteiger partial charge in [-0.25, -0.2) is 0 Å². The smallest absolute Gasteiger partial charge is 0.228 e. The van der Waals surface area contributed by atoms with Crippen molar-refractivity contribution in [2.45, 2.75) is 26.3 Å². The van der Waals surface area contributed by atoms with Crippen LogP contribution in [0.15, 0.2) is 36.4 Å². The molecule has 3 rings (SSSR count). The summed E-state index contributed by atoms with van der Waals surface area (Å²) in [4.78, 5) is 29.7. The summed E-state index contributed by atoms with van der Waals surface area (Å²) in [5, 5.41) is 9.02. The van der Waals surface area contributed by atoms with Gasteiger partial charge < -0.3 is 24.0 Å². The minimum absolute atomic E-state index is 0.0716. The van der Waals surface area contributed by atoms with E-state index in [1.807, 2.05) is 26.0 Å². The Labute approximate surface area is 194 Å². The van der Waals surface area contributed by atoms with Crippen LogP contribution in [0.4, 0.5) is 5.69 Å². The summed E-state index contributed by atoms with van der Waals surface area (Å²) in [7, 11) is 4.55. The second-order valence-electron chi connectivity index (χ2n) is 7.82. The van der Waals surface area contributed by atoms with Crippen molar-refractivity contribution < 1.29 is 23.8 Å². The Balaban J connectivity index is 1.82. The predicted octanol–water partition coefficient (Wildman–Crippen LogP) is 3.55. The Morgan fingerprint density at radius 3 is 2.24 bits per heavy atom. The molecule has 0 bridgehead atoms. The average Bonchev–Trinajstić information content (AvgIpc) is 3.24. The topological polar surface area (TPSA) is 92.1 Å². The molecule has 2 atom stereocenters. The highest BCUT2D eigenvalue weighted by Crippen LogP contribution is 2.42. The number of amides is 2. The van der Waals surface area contributed by atoms with Gasteiger partial charge in [-0.3, -0.25) is 9.59 Å². The summed E-state index contributed by atoms with van der Waals surface area (Å²) in [6.07, 6.45) is 0.131. The molecule has 0 saturated carbocycles. The van der Waals surface area contributed by atoms with E-state index in [1.165, 1.54) is 21.3 Å². The number of hydrogen-bond acceptors (Lipinski definition) is 6. The first-order valence-electron chi connectivity index (χ1n) is 10.8. The second-order valence-corrected chi connectivity index (χ2v) is 7.82. The van der Waals surface area contributed by atoms with E-state index in [0.29, 0.717) is 35.0 Å². The molecule has 2 unspecified atom stereocenters. The zero-order valence-electron chi connectivity index (χ0n) is 19.6. The van der Waals surface area contributed by atoms with Crippen LogP contribution in [0.2, 0.25) is 0 Å². The lowest BCUT2D eigenvalue weighted by atomic mass is 10.0. The number of ether oxygens (including phenoxy) is 3. The summed E-state index contributed by atoms with van der Waals surface area (Å²) in [6, 6.07) is 12.6. The normalized spacial score (nSPS) is 16.2. The third-order valence-electron chi connectivity index (χ3n) is 6.05. The highest BCUT2D eigenvalue weighted by Gasteiger charge is 2.38. The van der Waals surface area contributed by atoms with Crippen molar-refractivity contribution in [3.63, 3.8) is 0 Å². The maximum absolute atomic E-state index is 13.4. The fourth-order valence-electron chi connectivity index (χ4n) is 4.22. The van der Waals surface area contributed by atoms with E-state index in [4.69, 9.17) is 19.5 Å². The Morgan fingerprint density at radius 2 is 1.76 bits per heavy atom. The molecular weight excluding hydrogens is 422 g/mol. The van der Waals surface area contributed by atoms with Gasteiger partial charge in [0.05, 0.1) is 50.6 Å². The standard InChI is InChI=1S/C25H29N3O5/c1-6-27(16(2)18-9-7-17(14-26)8-10-18)25(30)19-11-23(29)28(15-19)20-12-21(31-3)24(33-5)22(13-20)32-4/h7-10,12-13,16,19H,6,11,15H2,1-5H3. The van der Waals surface area contributed by atoms with Crippen LogP contribution in [0.5, 0.6) is 17.2 Å². The first-order valence-corrected chi connectivity index (χ1v) is 10.8. The first-order chi connectivity index (χ1) is 15.9. The van der Waals surface area contributed by atoms with Crippen molar-refractivity contribution >= 4 is 17.5 Å². The van der Waals surface area contributed by atoms with Gasteiger partial charge in [0.2, 0.25) is 17.6 Å². The van der Waals surface area contributed by atoms with Crippen molar-refractivity contribution in [2.75, 3.05) is 39.3 Å². The zero-order valence-corrected chi connectivity index (χ0v) is 19.6. The fraction of sp³-hybridized carbons (Fsp3) is 0.400. The largest absolute Gasteiger partial charge is 0.493 e. The maximum Gasteiger partial charge on any atom is 0.228 e. The van der Waals surface area contributed by atoms with Gasteiger partial charge in [0.25, 0.3) is 0 Å². The number of hydrogen-bond donors (Lipinski definition) is 0. The summed E-state index contributed by atoms with van der Waals surface area (Å²) < 4.78 is 16.2. The van der Waals surface area contributed by atoms with Crippen molar-refractivity contribution in [3.8, 4) is 23.3 Å². The third-order valence-corrected chi connectivity index (χ3v) is 6.05. The summed E-state index contributed by atoms with van der Waals surface area (Å²) in [5.41, 5.74) is 2.10. The Hall–Kier alpha value is -3.73. The molecule has 33 heavy (non-hydrogen) atoms. The number of nitrogens with zero attached hydrogens (tertiary/aromatic N) is 3. The molecule has 174 valence electrons. The van der Waals surface area contributed by atoms with Crippen molar-refractivity contribution in [2.24, 2.45) is 5.92 Å². The van der Waals surface area contributed by atoms with Crippen LogP contribution in [0.25, 0.3) is 0 Å². The first kappa shape index (κ1) is 23.9. The molecule has 0 radical (unpaired) electrons. The number of benzene rings is 2. The van der Waals surface area contributed by atoms with Gasteiger partial charge in [-0.2, -0.15) is 5.26 Å². The van der Waals surface area contributed by atoms with Crippen LogP contribution >= 0.6 is 0 Å². The molecule has 8 heteroatoms. The molecule has 0 spiro atoms. The fourth-order valence-corrected chi connectivity index (χ4v) is 4.22. The molecule has 1 aliphatic heterocycles. The van der Waals surface area contributed by atoms with Gasteiger partial charge in [-0.15, -0.1) is 0 Å². The van der Waals surface area contributed by atoms with E-state index < -0.39 is 5.92 Å². The molecule has 2 aromatic rings. The van der Waals surface area contributed by atoms with Gasteiger partial charge in [0.1, 0.15) is 0 Å². The second kappa shape index (κ2) is 10.3. The molecule has 1 fully saturated rings. The molecular formula is C25H29N3O5. The molecule has 2 aromatic carbocycles. The van der Waals surface area contributed by atoms with Crippen molar-refractivity contribution in [1.82, 2.24) is 4.90 Å². The van der Waals surface area contributed by atoms with Crippen molar-refractivity contribution in [3.05, 3.63) is 47.5 Å². The lowest BCUT2D eigenvalue weighted by Crippen LogP contribution is -2.39. The van der Waals surface area contributed by atoms with Crippen LogP contribution < -0.4 is 19.1 Å². The van der Waals surface area contributed by atoms with E-state index in [2.05, 4.69) is 6.07 Å². The monoisotopic (exact) mass is 451 g/mol. The van der Waals surface area contributed by atoms with Crippen LogP contribution in [0, 0.1) is 17.2 Å². The predicted molar refractivity (Wildman–Crippen MR) is 124 cm³/mol. The minimum atomic E-state index is -0.461. The Kier molecular flexibility index (Phi) is 7.44. The number of carbonyl (C=O) groups excluding carboxylic acids is 2. The molecule has 1 aliphatic rings. The number of methoxy groups -OCH3 is 3. The average molecular weight is 452 g/mol. The SMILES string of the molecule is CCN(C(=O)C1CC(=O)N(c2cc(OC)c(OC)c(OC)c2)C1)C(C)c1ccc(C#N)cc1. The lowest BCUT2D eigenvalue weighted by Gasteiger charge is -2.30. The molecule has 0 aliphatic carbocycles. The third kappa shape index (κ3) is 4.72. The molecule has 0 aromatic heterocycles. The zero-order chi connectivity index (χ0) is 24.1. The highest BCUT2D eigenvalue weighted by atomic mass is 16.5. The molecule has 0 N–H and O–H groups in total. The summed E-state index contributed by atoms with van der Waals surface area (Å²) in [6.45, 7) is 4.66. The number of rotatable bonds is 8. The molecule has 8 nitrogen and oxygen atoms in total. The highest BCUT2D eigenvalue weighted by molar-refractivity contribution is 6.00. The van der Waals surface area contributed by atoms with Crippen molar-refractivity contribution in [1.29, 1.82) is 5.26 Å². The number of nitriles is 1. The quantitative estimate of drug-likeness (QED) is 0.610. The number of carbonyl (C=O) groups is 2. The molecule has 2 amide bonds. The van der Waals surface area contributed by atoms with Crippen LogP contribution in [-0.2, 0) is 9.59 Å². The van der Waals surface area contributed by atoms with E-state index >= 15 is 0 Å². The molecule has 1 saturated heterocycles. The summed E-state index contributed by atoms with van der Waals surface area (Å²) >= 11 is 0. The minimum Gasteiger partial charge on any atom is -0.493 e. The Bertz CT molecular complexity index is 1040. The van der Waals surface area contributed by atoms with E-state index in [0.717, 1.165) is 5.56 Å². The number of anilines is 1. The van der Waals surface area contributed by atoms with Crippen LogP contribution in [0.1, 0.15) is 37.4 Å². The summed E-state index contributed by atoms with van der Waals surface area (Å²) in [5.74, 6) is 0.661. The Morgan fingerprint density at radius 1 is 1.15 bits per heavy atom. The van der Waals surface area contributed by atoms with Crippen LogP contribution in [0.3, 0.4) is 0 Å². The van der Waals surface area contributed by atoms with Gasteiger partial charge in [-0.05, 0) is 31.5 Å².